The van der Waals surface area contributed by atoms with E-state index in [0.717, 1.165) is 32.1 Å². The number of carboxylic acids is 1. The molecule has 3 aliphatic rings. The Bertz CT molecular complexity index is 414. The van der Waals surface area contributed by atoms with Crippen molar-refractivity contribution in [3.63, 3.8) is 0 Å². The van der Waals surface area contributed by atoms with Crippen molar-refractivity contribution >= 4 is 11.9 Å². The maximum Gasteiger partial charge on any atom is 0.308 e. The first-order valence-corrected chi connectivity index (χ1v) is 7.58. The molecule has 0 bridgehead atoms. The first-order chi connectivity index (χ1) is 9.57. The average molecular weight is 281 g/mol. The molecule has 2 aliphatic carbocycles. The minimum Gasteiger partial charge on any atom is -0.481 e. The van der Waals surface area contributed by atoms with Crippen LogP contribution in [-0.4, -0.2) is 48.7 Å². The summed E-state index contributed by atoms with van der Waals surface area (Å²) >= 11 is 0. The topological polar surface area (TPSA) is 66.8 Å². The number of carbonyl (C=O) groups excluding carboxylic acids is 1. The van der Waals surface area contributed by atoms with Gasteiger partial charge in [0.15, 0.2) is 0 Å². The number of hydrogen-bond acceptors (Lipinski definition) is 3. The molecule has 0 aromatic rings. The van der Waals surface area contributed by atoms with Crippen LogP contribution in [0.4, 0.5) is 0 Å². The fourth-order valence-electron chi connectivity index (χ4n) is 3.61. The third-order valence-corrected chi connectivity index (χ3v) is 5.29. The van der Waals surface area contributed by atoms with Gasteiger partial charge in [0, 0.05) is 26.8 Å². The molecule has 5 heteroatoms. The highest BCUT2D eigenvalue weighted by Crippen LogP contribution is 2.52. The standard InChI is InChI=1S/C15H23NO4/c1-20-7-6-15(4-5-15)14(19)16-8-11(10-2-3-10)12(9-16)13(17)18/h10-12H,2-9H2,1H3,(H,17,18)/t11-,12+/m1/s1. The van der Waals surface area contributed by atoms with E-state index < -0.39 is 5.97 Å². The van der Waals surface area contributed by atoms with Gasteiger partial charge in [-0.05, 0) is 43.9 Å². The zero-order valence-electron chi connectivity index (χ0n) is 12.0. The number of ether oxygens (including phenoxy) is 1. The molecule has 5 nitrogen and oxygen atoms in total. The molecule has 1 N–H and O–H groups in total. The Balaban J connectivity index is 1.66. The van der Waals surface area contributed by atoms with Gasteiger partial charge in [0.2, 0.25) is 5.91 Å². The van der Waals surface area contributed by atoms with Crippen LogP contribution < -0.4 is 0 Å². The monoisotopic (exact) mass is 281 g/mol. The van der Waals surface area contributed by atoms with Gasteiger partial charge in [0.25, 0.3) is 0 Å². The van der Waals surface area contributed by atoms with E-state index in [0.29, 0.717) is 25.6 Å². The maximum atomic E-state index is 12.7. The molecule has 112 valence electrons. The lowest BCUT2D eigenvalue weighted by atomic mass is 9.92. The Kier molecular flexibility index (Phi) is 3.48. The van der Waals surface area contributed by atoms with Crippen LogP contribution in [0.1, 0.15) is 32.1 Å². The van der Waals surface area contributed by atoms with E-state index >= 15 is 0 Å². The first kappa shape index (κ1) is 13.9. The SMILES string of the molecule is COCCC1(C(=O)N2C[C@H](C(=O)O)[C@@H](C3CC3)C2)CC1. The number of carboxylic acid groups (broad SMARTS) is 1. The lowest BCUT2D eigenvalue weighted by molar-refractivity contribution is -0.143. The summed E-state index contributed by atoms with van der Waals surface area (Å²) in [5.41, 5.74) is -0.239. The smallest absolute Gasteiger partial charge is 0.308 e. The fraction of sp³-hybridized carbons (Fsp3) is 0.867. The van der Waals surface area contributed by atoms with Crippen molar-refractivity contribution in [2.75, 3.05) is 26.8 Å². The summed E-state index contributed by atoms with van der Waals surface area (Å²) in [6, 6.07) is 0. The van der Waals surface area contributed by atoms with E-state index in [1.54, 1.807) is 7.11 Å². The lowest BCUT2D eigenvalue weighted by Gasteiger charge is -2.23. The van der Waals surface area contributed by atoms with Gasteiger partial charge in [-0.1, -0.05) is 0 Å². The predicted molar refractivity (Wildman–Crippen MR) is 72.1 cm³/mol. The van der Waals surface area contributed by atoms with Gasteiger partial charge >= 0.3 is 5.97 Å². The summed E-state index contributed by atoms with van der Waals surface area (Å²) in [7, 11) is 1.65. The van der Waals surface area contributed by atoms with Gasteiger partial charge < -0.3 is 14.7 Å². The van der Waals surface area contributed by atoms with Crippen LogP contribution >= 0.6 is 0 Å². The second-order valence-corrected chi connectivity index (χ2v) is 6.68. The van der Waals surface area contributed by atoms with Crippen LogP contribution in [-0.2, 0) is 14.3 Å². The van der Waals surface area contributed by atoms with Crippen LogP contribution in [0.5, 0.6) is 0 Å². The molecule has 1 heterocycles. The Hall–Kier alpha value is -1.10. The van der Waals surface area contributed by atoms with Gasteiger partial charge in [-0.25, -0.2) is 0 Å². The number of likely N-dealkylation sites (tertiary alicyclic amines) is 1. The van der Waals surface area contributed by atoms with E-state index in [1.807, 2.05) is 4.90 Å². The molecule has 0 unspecified atom stereocenters. The average Bonchev–Trinajstić information content (AvgIpc) is 3.34. The van der Waals surface area contributed by atoms with Gasteiger partial charge in [-0.15, -0.1) is 0 Å². The van der Waals surface area contributed by atoms with E-state index in [1.165, 1.54) is 0 Å². The van der Waals surface area contributed by atoms with Crippen LogP contribution in [0.3, 0.4) is 0 Å². The van der Waals surface area contributed by atoms with Crippen LogP contribution in [0, 0.1) is 23.2 Å². The van der Waals surface area contributed by atoms with E-state index in [4.69, 9.17) is 4.74 Å². The molecule has 3 fully saturated rings. The molecule has 1 amide bonds. The number of methoxy groups -OCH3 is 1. The number of amides is 1. The van der Waals surface area contributed by atoms with Crippen LogP contribution in [0.15, 0.2) is 0 Å². The van der Waals surface area contributed by atoms with Gasteiger partial charge in [0.1, 0.15) is 0 Å². The Morgan fingerprint density at radius 3 is 2.50 bits per heavy atom. The Morgan fingerprint density at radius 1 is 1.30 bits per heavy atom. The molecule has 3 rings (SSSR count). The molecular formula is C15H23NO4. The lowest BCUT2D eigenvalue weighted by Crippen LogP contribution is -2.36. The van der Waals surface area contributed by atoms with Crippen LogP contribution in [0.2, 0.25) is 0 Å². The minimum atomic E-state index is -0.737. The van der Waals surface area contributed by atoms with Gasteiger partial charge in [0.05, 0.1) is 11.3 Å². The highest BCUT2D eigenvalue weighted by molar-refractivity contribution is 5.86. The first-order valence-electron chi connectivity index (χ1n) is 7.58. The summed E-state index contributed by atoms with van der Waals surface area (Å²) in [6.45, 7) is 1.66. The maximum absolute atomic E-state index is 12.7. The Morgan fingerprint density at radius 2 is 2.00 bits per heavy atom. The molecule has 0 spiro atoms. The van der Waals surface area contributed by atoms with Crippen molar-refractivity contribution in [2.45, 2.75) is 32.1 Å². The third kappa shape index (κ3) is 2.43. The molecule has 0 aromatic heterocycles. The molecular weight excluding hydrogens is 258 g/mol. The fourth-order valence-corrected chi connectivity index (χ4v) is 3.61. The largest absolute Gasteiger partial charge is 0.481 e. The molecule has 20 heavy (non-hydrogen) atoms. The molecule has 0 radical (unpaired) electrons. The molecule has 1 aliphatic heterocycles. The molecule has 2 atom stereocenters. The number of hydrogen-bond donors (Lipinski definition) is 1. The molecule has 1 saturated heterocycles. The summed E-state index contributed by atoms with van der Waals surface area (Å²) in [4.78, 5) is 25.9. The number of carbonyl (C=O) groups is 2. The van der Waals surface area contributed by atoms with Crippen molar-refractivity contribution in [2.24, 2.45) is 23.2 Å². The highest BCUT2D eigenvalue weighted by atomic mass is 16.5. The summed E-state index contributed by atoms with van der Waals surface area (Å²) in [6.07, 6.45) is 4.89. The number of aliphatic carboxylic acids is 1. The van der Waals surface area contributed by atoms with E-state index in [9.17, 15) is 14.7 Å². The van der Waals surface area contributed by atoms with Crippen molar-refractivity contribution in [1.29, 1.82) is 0 Å². The Labute approximate surface area is 119 Å². The summed E-state index contributed by atoms with van der Waals surface area (Å²) < 4.78 is 5.09. The van der Waals surface area contributed by atoms with Crippen molar-refractivity contribution < 1.29 is 19.4 Å². The van der Waals surface area contributed by atoms with Crippen molar-refractivity contribution in [1.82, 2.24) is 4.90 Å². The quantitative estimate of drug-likeness (QED) is 0.798. The highest BCUT2D eigenvalue weighted by Gasteiger charge is 2.55. The predicted octanol–water partition coefficient (Wildman–Crippen LogP) is 1.37. The second-order valence-electron chi connectivity index (χ2n) is 6.68. The van der Waals surface area contributed by atoms with Crippen molar-refractivity contribution in [3.05, 3.63) is 0 Å². The van der Waals surface area contributed by atoms with Crippen LogP contribution in [0.25, 0.3) is 0 Å². The van der Waals surface area contributed by atoms with E-state index in [2.05, 4.69) is 0 Å². The normalized spacial score (nSPS) is 31.4. The third-order valence-electron chi connectivity index (χ3n) is 5.29. The zero-order chi connectivity index (χ0) is 14.3. The second kappa shape index (κ2) is 5.02. The van der Waals surface area contributed by atoms with Gasteiger partial charge in [-0.3, -0.25) is 9.59 Å². The molecule has 2 saturated carbocycles. The summed E-state index contributed by atoms with van der Waals surface area (Å²) in [5, 5.41) is 9.36. The number of rotatable bonds is 6. The summed E-state index contributed by atoms with van der Waals surface area (Å²) in [5.74, 6) is -0.217. The zero-order valence-corrected chi connectivity index (χ0v) is 12.0. The number of nitrogens with zero attached hydrogens (tertiary/aromatic N) is 1. The van der Waals surface area contributed by atoms with E-state index in [-0.39, 0.29) is 23.2 Å². The molecule has 0 aromatic carbocycles. The van der Waals surface area contributed by atoms with Crippen molar-refractivity contribution in [3.8, 4) is 0 Å². The minimum absolute atomic E-state index is 0.170. The van der Waals surface area contributed by atoms with Gasteiger partial charge in [-0.2, -0.15) is 0 Å².